The van der Waals surface area contributed by atoms with Crippen LogP contribution in [0.15, 0.2) is 48.5 Å². The molecule has 1 amide bonds. The van der Waals surface area contributed by atoms with Crippen LogP contribution in [0.1, 0.15) is 12.1 Å². The maximum absolute atomic E-state index is 12.8. The van der Waals surface area contributed by atoms with Crippen LogP contribution >= 0.6 is 11.6 Å². The van der Waals surface area contributed by atoms with Gasteiger partial charge in [0, 0.05) is 31.6 Å². The van der Waals surface area contributed by atoms with E-state index in [0.717, 1.165) is 53.4 Å². The molecule has 0 radical (unpaired) electrons. The van der Waals surface area contributed by atoms with Crippen LogP contribution in [0.4, 0.5) is 5.69 Å². The summed E-state index contributed by atoms with van der Waals surface area (Å²) < 4.78 is 0. The number of hydrogen-bond donors (Lipinski definition) is 1. The van der Waals surface area contributed by atoms with E-state index in [0.29, 0.717) is 13.0 Å². The highest BCUT2D eigenvalue weighted by molar-refractivity contribution is 6.33. The van der Waals surface area contributed by atoms with Crippen molar-refractivity contribution in [2.24, 2.45) is 0 Å². The van der Waals surface area contributed by atoms with E-state index in [-0.39, 0.29) is 5.91 Å². The number of benzene rings is 2. The number of rotatable bonds is 3. The van der Waals surface area contributed by atoms with E-state index >= 15 is 0 Å². The van der Waals surface area contributed by atoms with E-state index in [2.05, 4.69) is 15.1 Å². The third-order valence-corrected chi connectivity index (χ3v) is 5.23. The molecule has 1 aliphatic heterocycles. The average molecular weight is 369 g/mol. The van der Waals surface area contributed by atoms with Crippen molar-refractivity contribution < 1.29 is 4.79 Å². The summed E-state index contributed by atoms with van der Waals surface area (Å²) in [4.78, 5) is 17.0. The summed E-state index contributed by atoms with van der Waals surface area (Å²) in [7, 11) is 0. The van der Waals surface area contributed by atoms with E-state index in [9.17, 15) is 4.79 Å². The van der Waals surface area contributed by atoms with Crippen LogP contribution in [0, 0.1) is 0 Å². The van der Waals surface area contributed by atoms with Crippen molar-refractivity contribution in [3.63, 3.8) is 0 Å². The maximum atomic E-state index is 12.8. The highest BCUT2D eigenvalue weighted by atomic mass is 35.5. The molecule has 4 rings (SSSR count). The molecule has 1 fully saturated rings. The van der Waals surface area contributed by atoms with Crippen molar-refractivity contribution in [1.29, 1.82) is 0 Å². The molecule has 5 nitrogen and oxygen atoms in total. The maximum Gasteiger partial charge on any atom is 0.228 e. The van der Waals surface area contributed by atoms with Gasteiger partial charge in [0.2, 0.25) is 5.91 Å². The topological polar surface area (TPSA) is 52.2 Å². The fraction of sp³-hybridized carbons (Fsp3) is 0.300. The van der Waals surface area contributed by atoms with Gasteiger partial charge < -0.3 is 9.80 Å². The second-order valence-electron chi connectivity index (χ2n) is 6.57. The standard InChI is InChI=1S/C20H21ClN4O/c21-16-7-2-4-9-19(16)24-10-5-11-25(13-12-24)20(26)14-18-15-6-1-3-8-17(15)22-23-18/h1-4,6-9H,5,10-14H2,(H,22,23). The van der Waals surface area contributed by atoms with Gasteiger partial charge in [0.15, 0.2) is 0 Å². The second kappa shape index (κ2) is 7.38. The molecule has 6 heteroatoms. The Hall–Kier alpha value is -2.53. The van der Waals surface area contributed by atoms with Crippen LogP contribution in [0.2, 0.25) is 5.02 Å². The van der Waals surface area contributed by atoms with Crippen LogP contribution in [-0.2, 0) is 11.2 Å². The zero-order chi connectivity index (χ0) is 17.9. The largest absolute Gasteiger partial charge is 0.368 e. The SMILES string of the molecule is O=C(Cc1[nH]nc2ccccc12)N1CCCN(c2ccccc2Cl)CC1. The quantitative estimate of drug-likeness (QED) is 0.769. The Labute approximate surface area is 157 Å². The molecule has 1 aromatic heterocycles. The Morgan fingerprint density at radius 2 is 1.85 bits per heavy atom. The molecule has 2 heterocycles. The summed E-state index contributed by atoms with van der Waals surface area (Å²) in [5.74, 6) is 0.139. The van der Waals surface area contributed by atoms with Crippen LogP contribution in [0.3, 0.4) is 0 Å². The molecule has 0 aliphatic carbocycles. The first kappa shape index (κ1) is 16.9. The Balaban J connectivity index is 1.44. The molecule has 2 aromatic carbocycles. The van der Waals surface area contributed by atoms with Gasteiger partial charge in [0.25, 0.3) is 0 Å². The second-order valence-corrected chi connectivity index (χ2v) is 6.98. The minimum absolute atomic E-state index is 0.139. The molecule has 0 atom stereocenters. The van der Waals surface area contributed by atoms with Crippen molar-refractivity contribution in [3.05, 3.63) is 59.2 Å². The summed E-state index contributed by atoms with van der Waals surface area (Å²) in [5, 5.41) is 9.08. The van der Waals surface area contributed by atoms with Crippen molar-refractivity contribution in [2.45, 2.75) is 12.8 Å². The number of nitrogens with one attached hydrogen (secondary N) is 1. The first-order chi connectivity index (χ1) is 12.7. The number of nitrogens with zero attached hydrogens (tertiary/aromatic N) is 3. The van der Waals surface area contributed by atoms with Gasteiger partial charge in [0.05, 0.1) is 28.3 Å². The van der Waals surface area contributed by atoms with Crippen LogP contribution in [0.25, 0.3) is 10.9 Å². The molecule has 1 aliphatic rings. The number of aromatic nitrogens is 2. The zero-order valence-corrected chi connectivity index (χ0v) is 15.2. The fourth-order valence-electron chi connectivity index (χ4n) is 3.53. The van der Waals surface area contributed by atoms with E-state index < -0.39 is 0 Å². The lowest BCUT2D eigenvalue weighted by atomic mass is 10.1. The van der Waals surface area contributed by atoms with E-state index in [1.54, 1.807) is 0 Å². The number of fused-ring (bicyclic) bond motifs is 1. The Bertz CT molecular complexity index is 923. The summed E-state index contributed by atoms with van der Waals surface area (Å²) >= 11 is 6.33. The van der Waals surface area contributed by atoms with E-state index in [1.165, 1.54) is 0 Å². The van der Waals surface area contributed by atoms with Crippen LogP contribution < -0.4 is 4.90 Å². The van der Waals surface area contributed by atoms with Crippen molar-refractivity contribution >= 4 is 34.1 Å². The summed E-state index contributed by atoms with van der Waals surface area (Å²) in [6.45, 7) is 3.17. The van der Waals surface area contributed by atoms with Gasteiger partial charge in [-0.05, 0) is 24.6 Å². The zero-order valence-electron chi connectivity index (χ0n) is 14.5. The molecule has 0 bridgehead atoms. The molecule has 0 spiro atoms. The lowest BCUT2D eigenvalue weighted by Crippen LogP contribution is -2.36. The minimum atomic E-state index is 0.139. The van der Waals surface area contributed by atoms with Gasteiger partial charge in [-0.25, -0.2) is 0 Å². The number of hydrogen-bond acceptors (Lipinski definition) is 3. The number of H-pyrrole nitrogens is 1. The predicted octanol–water partition coefficient (Wildman–Crippen LogP) is 3.50. The van der Waals surface area contributed by atoms with Gasteiger partial charge in [-0.3, -0.25) is 9.89 Å². The van der Waals surface area contributed by atoms with Crippen molar-refractivity contribution in [1.82, 2.24) is 15.1 Å². The lowest BCUT2D eigenvalue weighted by Gasteiger charge is -2.24. The Morgan fingerprint density at radius 3 is 2.73 bits per heavy atom. The van der Waals surface area contributed by atoms with Crippen LogP contribution in [0.5, 0.6) is 0 Å². The molecule has 1 saturated heterocycles. The third-order valence-electron chi connectivity index (χ3n) is 4.91. The highest BCUT2D eigenvalue weighted by Gasteiger charge is 2.21. The van der Waals surface area contributed by atoms with Gasteiger partial charge in [-0.15, -0.1) is 0 Å². The highest BCUT2D eigenvalue weighted by Crippen LogP contribution is 2.26. The molecule has 26 heavy (non-hydrogen) atoms. The molecule has 3 aromatic rings. The number of anilines is 1. The number of amides is 1. The summed E-state index contributed by atoms with van der Waals surface area (Å²) in [6.07, 6.45) is 1.29. The molecule has 1 N–H and O–H groups in total. The first-order valence-electron chi connectivity index (χ1n) is 8.91. The molecular weight excluding hydrogens is 348 g/mol. The summed E-state index contributed by atoms with van der Waals surface area (Å²) in [5.41, 5.74) is 2.83. The van der Waals surface area contributed by atoms with Crippen molar-refractivity contribution in [3.8, 4) is 0 Å². The number of carbonyl (C=O) groups is 1. The first-order valence-corrected chi connectivity index (χ1v) is 9.29. The molecular formula is C20H21ClN4O. The van der Waals surface area contributed by atoms with Crippen molar-refractivity contribution in [2.75, 3.05) is 31.1 Å². The lowest BCUT2D eigenvalue weighted by molar-refractivity contribution is -0.130. The third kappa shape index (κ3) is 3.40. The molecule has 134 valence electrons. The number of carbonyl (C=O) groups excluding carboxylic acids is 1. The van der Waals surface area contributed by atoms with Crippen LogP contribution in [-0.4, -0.2) is 47.2 Å². The molecule has 0 saturated carbocycles. The fourth-order valence-corrected chi connectivity index (χ4v) is 3.78. The smallest absolute Gasteiger partial charge is 0.228 e. The Morgan fingerprint density at radius 1 is 1.04 bits per heavy atom. The number of halogens is 1. The van der Waals surface area contributed by atoms with Gasteiger partial charge in [0.1, 0.15) is 0 Å². The Kier molecular flexibility index (Phi) is 4.80. The number of para-hydroxylation sites is 2. The molecule has 0 unspecified atom stereocenters. The minimum Gasteiger partial charge on any atom is -0.368 e. The van der Waals surface area contributed by atoms with Gasteiger partial charge in [-0.2, -0.15) is 5.10 Å². The summed E-state index contributed by atoms with van der Waals surface area (Å²) in [6, 6.07) is 15.8. The monoisotopic (exact) mass is 368 g/mol. The van der Waals surface area contributed by atoms with Gasteiger partial charge >= 0.3 is 0 Å². The average Bonchev–Trinajstić information content (AvgIpc) is 2.90. The predicted molar refractivity (Wildman–Crippen MR) is 105 cm³/mol. The van der Waals surface area contributed by atoms with E-state index in [4.69, 9.17) is 11.6 Å². The number of aromatic amines is 1. The van der Waals surface area contributed by atoms with E-state index in [1.807, 2.05) is 53.4 Å². The normalized spacial score (nSPS) is 15.3. The van der Waals surface area contributed by atoms with Gasteiger partial charge in [-0.1, -0.05) is 41.9 Å².